The number of aromatic amines is 1. The van der Waals surface area contributed by atoms with E-state index in [1.54, 1.807) is 18.4 Å². The van der Waals surface area contributed by atoms with Gasteiger partial charge in [0.1, 0.15) is 17.3 Å². The summed E-state index contributed by atoms with van der Waals surface area (Å²) in [6.07, 6.45) is 6.13. The molecule has 0 saturated carbocycles. The van der Waals surface area contributed by atoms with Crippen LogP contribution in [0.2, 0.25) is 0 Å². The van der Waals surface area contributed by atoms with Gasteiger partial charge in [0, 0.05) is 44.9 Å². The minimum absolute atomic E-state index is 0.234. The van der Waals surface area contributed by atoms with Crippen molar-refractivity contribution in [3.8, 4) is 16.9 Å². The van der Waals surface area contributed by atoms with E-state index >= 15 is 0 Å². The molecule has 5 aromatic rings. The Kier molecular flexibility index (Phi) is 7.44. The van der Waals surface area contributed by atoms with Gasteiger partial charge in [-0.15, -0.1) is 11.3 Å². The van der Waals surface area contributed by atoms with Crippen LogP contribution in [0.5, 0.6) is 5.75 Å². The van der Waals surface area contributed by atoms with E-state index < -0.39 is 0 Å². The number of nitrogens with two attached hydrogens (primary N) is 1. The molecule has 0 saturated heterocycles. The number of carbonyl (C=O) groups is 1. The van der Waals surface area contributed by atoms with Crippen LogP contribution in [0.15, 0.2) is 66.2 Å². The molecule has 0 aliphatic heterocycles. The van der Waals surface area contributed by atoms with E-state index in [1.165, 1.54) is 0 Å². The highest BCUT2D eigenvalue weighted by atomic mass is 32.1. The van der Waals surface area contributed by atoms with E-state index in [0.29, 0.717) is 22.9 Å². The highest BCUT2D eigenvalue weighted by Gasteiger charge is 2.17. The number of methoxy groups -OCH3 is 1. The lowest BCUT2D eigenvalue weighted by Gasteiger charge is -2.14. The minimum Gasteiger partial charge on any atom is -0.495 e. The Morgan fingerprint density at radius 3 is 2.76 bits per heavy atom. The maximum atomic E-state index is 13.0. The molecule has 0 spiro atoms. The van der Waals surface area contributed by atoms with Crippen molar-refractivity contribution in [2.45, 2.75) is 13.8 Å². The number of carbonyl (C=O) groups excluding carboxylic acids is 1. The third kappa shape index (κ3) is 5.01. The topological polar surface area (TPSA) is 96.3 Å². The van der Waals surface area contributed by atoms with Gasteiger partial charge in [-0.05, 0) is 48.3 Å². The van der Waals surface area contributed by atoms with Crippen LogP contribution in [0.3, 0.4) is 0 Å². The molecule has 0 bridgehead atoms. The normalized spacial score (nSPS) is 11.7. The van der Waals surface area contributed by atoms with Gasteiger partial charge < -0.3 is 25.7 Å². The average Bonchev–Trinajstić information content (AvgIpc) is 3.58. The van der Waals surface area contributed by atoms with Crippen LogP contribution in [0, 0.1) is 0 Å². The third-order valence-corrected chi connectivity index (χ3v) is 7.77. The Hall–Kier alpha value is -4.14. The largest absolute Gasteiger partial charge is 0.495 e. The number of amides is 1. The molecule has 0 aliphatic carbocycles. The molecular formula is C30H31N5O2S. The van der Waals surface area contributed by atoms with Crippen LogP contribution in [-0.2, 0) is 0 Å². The number of benzene rings is 2. The first kappa shape index (κ1) is 25.5. The number of likely N-dealkylation sites (N-methyl/N-ethyl adjacent to an activating group) is 1. The zero-order chi connectivity index (χ0) is 26.6. The van der Waals surface area contributed by atoms with E-state index in [2.05, 4.69) is 51.6 Å². The van der Waals surface area contributed by atoms with Crippen molar-refractivity contribution < 1.29 is 9.53 Å². The zero-order valence-corrected chi connectivity index (χ0v) is 22.6. The van der Waals surface area contributed by atoms with Gasteiger partial charge in [-0.25, -0.2) is 4.98 Å². The van der Waals surface area contributed by atoms with Crippen molar-refractivity contribution >= 4 is 55.8 Å². The number of pyridine rings is 1. The number of anilines is 2. The highest BCUT2D eigenvalue weighted by Crippen LogP contribution is 2.41. The average molecular weight is 526 g/mol. The van der Waals surface area contributed by atoms with Crippen LogP contribution < -0.4 is 15.8 Å². The first-order chi connectivity index (χ1) is 18.5. The van der Waals surface area contributed by atoms with Gasteiger partial charge in [-0.3, -0.25) is 4.79 Å². The molecule has 194 valence electrons. The van der Waals surface area contributed by atoms with Gasteiger partial charge in [0.15, 0.2) is 0 Å². The Morgan fingerprint density at radius 2 is 2.00 bits per heavy atom. The summed E-state index contributed by atoms with van der Waals surface area (Å²) in [5, 5.41) is 6.98. The van der Waals surface area contributed by atoms with Crippen molar-refractivity contribution in [2.75, 3.05) is 37.8 Å². The van der Waals surface area contributed by atoms with Crippen LogP contribution in [0.25, 0.3) is 38.2 Å². The first-order valence-corrected chi connectivity index (χ1v) is 13.5. The number of H-pyrrole nitrogens is 1. The molecule has 0 radical (unpaired) electrons. The van der Waals surface area contributed by atoms with Gasteiger partial charge in [0.25, 0.3) is 5.91 Å². The van der Waals surface area contributed by atoms with Crippen molar-refractivity contribution in [1.82, 2.24) is 14.9 Å². The second kappa shape index (κ2) is 11.1. The second-order valence-electron chi connectivity index (χ2n) is 8.98. The monoisotopic (exact) mass is 525 g/mol. The molecule has 38 heavy (non-hydrogen) atoms. The maximum Gasteiger partial charge on any atom is 0.272 e. The number of aromatic nitrogens is 2. The lowest BCUT2D eigenvalue weighted by atomic mass is 10.0. The number of nitrogens with one attached hydrogen (secondary N) is 2. The highest BCUT2D eigenvalue weighted by molar-refractivity contribution is 7.18. The van der Waals surface area contributed by atoms with E-state index in [0.717, 1.165) is 57.3 Å². The Labute approximate surface area is 225 Å². The van der Waals surface area contributed by atoms with E-state index in [1.807, 2.05) is 54.7 Å². The van der Waals surface area contributed by atoms with Crippen LogP contribution in [0.1, 0.15) is 29.9 Å². The molecular weight excluding hydrogens is 494 g/mol. The van der Waals surface area contributed by atoms with Crippen LogP contribution in [-0.4, -0.2) is 47.5 Å². The first-order valence-electron chi connectivity index (χ1n) is 12.6. The fourth-order valence-corrected chi connectivity index (χ4v) is 5.65. The number of ether oxygens (including phenoxy) is 1. The summed E-state index contributed by atoms with van der Waals surface area (Å²) in [6.45, 7) is 7.25. The zero-order valence-electron chi connectivity index (χ0n) is 21.7. The summed E-state index contributed by atoms with van der Waals surface area (Å²) in [4.78, 5) is 23.0. The fraction of sp³-hybridized carbons (Fsp3) is 0.200. The Bertz CT molecular complexity index is 1600. The lowest BCUT2D eigenvalue weighted by Crippen LogP contribution is -2.22. The van der Waals surface area contributed by atoms with Gasteiger partial charge in [-0.1, -0.05) is 50.3 Å². The van der Waals surface area contributed by atoms with Gasteiger partial charge in [0.2, 0.25) is 0 Å². The molecule has 0 unspecified atom stereocenters. The number of para-hydroxylation sites is 1. The maximum absolute atomic E-state index is 13.0. The molecule has 0 atom stereocenters. The van der Waals surface area contributed by atoms with Gasteiger partial charge in [0.05, 0.1) is 12.8 Å². The van der Waals surface area contributed by atoms with Gasteiger partial charge in [-0.2, -0.15) is 0 Å². The van der Waals surface area contributed by atoms with E-state index in [4.69, 9.17) is 10.5 Å². The number of nitrogen functional groups attached to an aromatic ring is 1. The number of thiophene rings is 1. The molecule has 3 aromatic heterocycles. The summed E-state index contributed by atoms with van der Waals surface area (Å²) in [5.74, 6) is 0.822. The van der Waals surface area contributed by atoms with Crippen molar-refractivity contribution in [3.05, 3.63) is 77.4 Å². The Balaban J connectivity index is 1.43. The molecule has 8 heteroatoms. The number of hydrogen-bond acceptors (Lipinski definition) is 6. The quantitative estimate of drug-likeness (QED) is 0.200. The molecule has 0 fully saturated rings. The minimum atomic E-state index is -0.234. The molecule has 7 nitrogen and oxygen atoms in total. The lowest BCUT2D eigenvalue weighted by molar-refractivity contribution is 0.102. The molecule has 2 aromatic carbocycles. The van der Waals surface area contributed by atoms with Gasteiger partial charge >= 0.3 is 0 Å². The number of fused-ring (bicyclic) bond motifs is 2. The summed E-state index contributed by atoms with van der Waals surface area (Å²) in [5.41, 5.74) is 11.3. The fourth-order valence-electron chi connectivity index (χ4n) is 4.58. The summed E-state index contributed by atoms with van der Waals surface area (Å²) < 4.78 is 6.75. The summed E-state index contributed by atoms with van der Waals surface area (Å²) >= 11 is 1.65. The number of nitrogens with zero attached hydrogens (tertiary/aromatic N) is 2. The molecule has 5 rings (SSSR count). The standard InChI is InChI=1S/C30H31N5O2S/c1-4-35(5-2)14-8-10-21-17-32-29(31)27-22(18-38-28(21)27)19-12-13-24(26(16-19)37-3)34-30(36)25-15-20-9-6-7-11-23(20)33-25/h6-13,15-18,33H,4-5,14H2,1-3H3,(H2,31,32)(H,34,36)/b10-8+. The van der Waals surface area contributed by atoms with E-state index in [-0.39, 0.29) is 5.91 Å². The van der Waals surface area contributed by atoms with Crippen LogP contribution >= 0.6 is 11.3 Å². The second-order valence-corrected chi connectivity index (χ2v) is 9.86. The molecule has 0 aliphatic rings. The van der Waals surface area contributed by atoms with Crippen molar-refractivity contribution in [2.24, 2.45) is 0 Å². The smallest absolute Gasteiger partial charge is 0.272 e. The summed E-state index contributed by atoms with van der Waals surface area (Å²) in [7, 11) is 1.60. The number of hydrogen-bond donors (Lipinski definition) is 3. The molecule has 4 N–H and O–H groups in total. The predicted molar refractivity (Wildman–Crippen MR) is 159 cm³/mol. The SMILES string of the molecule is CCN(CC)C/C=C/c1cnc(N)c2c(-c3ccc(NC(=O)c4cc5ccccc5[nH]4)c(OC)c3)csc12. The molecule has 3 heterocycles. The number of rotatable bonds is 9. The molecule has 1 amide bonds. The van der Waals surface area contributed by atoms with Crippen molar-refractivity contribution in [1.29, 1.82) is 0 Å². The van der Waals surface area contributed by atoms with Crippen molar-refractivity contribution in [3.63, 3.8) is 0 Å². The van der Waals surface area contributed by atoms with Crippen LogP contribution in [0.4, 0.5) is 11.5 Å². The Morgan fingerprint density at radius 1 is 1.18 bits per heavy atom. The predicted octanol–water partition coefficient (Wildman–Crippen LogP) is 6.64. The van der Waals surface area contributed by atoms with E-state index in [9.17, 15) is 4.79 Å². The summed E-state index contributed by atoms with van der Waals surface area (Å²) in [6, 6.07) is 15.4. The third-order valence-electron chi connectivity index (χ3n) is 6.74.